The van der Waals surface area contributed by atoms with E-state index in [4.69, 9.17) is 10.00 Å². The molecule has 21 heavy (non-hydrogen) atoms. The zero-order valence-electron chi connectivity index (χ0n) is 11.0. The van der Waals surface area contributed by atoms with Gasteiger partial charge in [-0.05, 0) is 25.1 Å². The SMILES string of the molecule is CCOC(=O)c1nc2[nH]c(=O)c3cc(C#N)ccc3n2n1. The van der Waals surface area contributed by atoms with Crippen LogP contribution in [0.5, 0.6) is 0 Å². The first-order valence-electron chi connectivity index (χ1n) is 6.14. The Kier molecular flexibility index (Phi) is 2.88. The van der Waals surface area contributed by atoms with Crippen molar-refractivity contribution in [3.63, 3.8) is 0 Å². The first-order chi connectivity index (χ1) is 10.1. The third-order valence-corrected chi connectivity index (χ3v) is 2.89. The van der Waals surface area contributed by atoms with Gasteiger partial charge in [-0.25, -0.2) is 4.79 Å². The summed E-state index contributed by atoms with van der Waals surface area (Å²) in [4.78, 5) is 30.1. The minimum Gasteiger partial charge on any atom is -0.460 e. The zero-order chi connectivity index (χ0) is 15.0. The maximum Gasteiger partial charge on any atom is 0.378 e. The number of fused-ring (bicyclic) bond motifs is 3. The average Bonchev–Trinajstić information content (AvgIpc) is 2.91. The van der Waals surface area contributed by atoms with Crippen molar-refractivity contribution in [2.24, 2.45) is 0 Å². The minimum atomic E-state index is -0.663. The highest BCUT2D eigenvalue weighted by molar-refractivity contribution is 5.87. The van der Waals surface area contributed by atoms with Gasteiger partial charge in [0.15, 0.2) is 0 Å². The van der Waals surface area contributed by atoms with E-state index in [0.717, 1.165) is 0 Å². The number of nitrogens with one attached hydrogen (secondary N) is 1. The van der Waals surface area contributed by atoms with Crippen LogP contribution in [0.3, 0.4) is 0 Å². The maximum atomic E-state index is 12.0. The Morgan fingerprint density at radius 1 is 1.52 bits per heavy atom. The highest BCUT2D eigenvalue weighted by Gasteiger charge is 2.16. The van der Waals surface area contributed by atoms with Gasteiger partial charge in [0.05, 0.1) is 29.1 Å². The van der Waals surface area contributed by atoms with Gasteiger partial charge >= 0.3 is 5.97 Å². The van der Waals surface area contributed by atoms with Crippen molar-refractivity contribution in [3.8, 4) is 6.07 Å². The van der Waals surface area contributed by atoms with Crippen LogP contribution in [0.2, 0.25) is 0 Å². The molecule has 104 valence electrons. The van der Waals surface area contributed by atoms with Crippen molar-refractivity contribution >= 4 is 22.6 Å². The molecule has 0 saturated carbocycles. The molecule has 0 atom stereocenters. The Morgan fingerprint density at radius 3 is 3.05 bits per heavy atom. The predicted molar refractivity (Wildman–Crippen MR) is 71.8 cm³/mol. The molecule has 0 unspecified atom stereocenters. The summed E-state index contributed by atoms with van der Waals surface area (Å²) >= 11 is 0. The molecule has 8 heteroatoms. The number of rotatable bonds is 2. The van der Waals surface area contributed by atoms with Gasteiger partial charge in [0.2, 0.25) is 5.78 Å². The summed E-state index contributed by atoms with van der Waals surface area (Å²) < 4.78 is 6.16. The molecule has 0 saturated heterocycles. The van der Waals surface area contributed by atoms with Gasteiger partial charge in [0, 0.05) is 0 Å². The average molecular weight is 283 g/mol. The molecule has 2 aromatic heterocycles. The van der Waals surface area contributed by atoms with E-state index in [9.17, 15) is 9.59 Å². The molecular weight excluding hydrogens is 274 g/mol. The first-order valence-corrected chi connectivity index (χ1v) is 6.14. The number of nitrogens with zero attached hydrogens (tertiary/aromatic N) is 4. The van der Waals surface area contributed by atoms with Gasteiger partial charge in [-0.15, -0.1) is 5.10 Å². The molecule has 1 aromatic carbocycles. The minimum absolute atomic E-state index is 0.135. The van der Waals surface area contributed by atoms with E-state index < -0.39 is 11.5 Å². The quantitative estimate of drug-likeness (QED) is 0.690. The van der Waals surface area contributed by atoms with Crippen molar-refractivity contribution < 1.29 is 9.53 Å². The van der Waals surface area contributed by atoms with Gasteiger partial charge in [-0.2, -0.15) is 14.8 Å². The van der Waals surface area contributed by atoms with Crippen LogP contribution in [0.4, 0.5) is 0 Å². The Labute approximate surface area is 117 Å². The summed E-state index contributed by atoms with van der Waals surface area (Å²) in [6.07, 6.45) is 0. The van der Waals surface area contributed by atoms with Crippen LogP contribution in [-0.2, 0) is 4.74 Å². The van der Waals surface area contributed by atoms with Crippen LogP contribution in [0.1, 0.15) is 23.1 Å². The lowest BCUT2D eigenvalue weighted by Gasteiger charge is -1.99. The van der Waals surface area contributed by atoms with E-state index in [0.29, 0.717) is 16.5 Å². The summed E-state index contributed by atoms with van der Waals surface area (Å²) in [6, 6.07) is 6.57. The van der Waals surface area contributed by atoms with Crippen molar-refractivity contribution in [1.82, 2.24) is 19.6 Å². The number of benzene rings is 1. The van der Waals surface area contributed by atoms with Crippen LogP contribution < -0.4 is 5.56 Å². The number of carbonyl (C=O) groups is 1. The number of aromatic amines is 1. The van der Waals surface area contributed by atoms with E-state index in [1.54, 1.807) is 19.1 Å². The topological polar surface area (TPSA) is 113 Å². The van der Waals surface area contributed by atoms with Gasteiger partial charge in [-0.1, -0.05) is 0 Å². The normalized spacial score (nSPS) is 10.7. The number of hydrogen-bond donors (Lipinski definition) is 1. The number of H-pyrrole nitrogens is 1. The summed E-state index contributed by atoms with van der Waals surface area (Å²) in [5.74, 6) is -0.659. The Bertz CT molecular complexity index is 963. The number of carbonyl (C=O) groups excluding carboxylic acids is 1. The van der Waals surface area contributed by atoms with Crippen molar-refractivity contribution in [1.29, 1.82) is 5.26 Å². The third kappa shape index (κ3) is 2.01. The fourth-order valence-electron chi connectivity index (χ4n) is 1.98. The first kappa shape index (κ1) is 12.8. The number of aromatic nitrogens is 4. The molecule has 0 spiro atoms. The van der Waals surface area contributed by atoms with Gasteiger partial charge in [0.25, 0.3) is 11.4 Å². The van der Waals surface area contributed by atoms with E-state index in [2.05, 4.69) is 15.1 Å². The lowest BCUT2D eigenvalue weighted by Crippen LogP contribution is -2.10. The second kappa shape index (κ2) is 4.72. The second-order valence-electron chi connectivity index (χ2n) is 4.19. The smallest absolute Gasteiger partial charge is 0.378 e. The van der Waals surface area contributed by atoms with Crippen molar-refractivity contribution in [2.75, 3.05) is 6.61 Å². The summed E-state index contributed by atoms with van der Waals surface area (Å²) in [5, 5.41) is 13.2. The Morgan fingerprint density at radius 2 is 2.33 bits per heavy atom. The summed E-state index contributed by atoms with van der Waals surface area (Å²) in [7, 11) is 0. The fourth-order valence-corrected chi connectivity index (χ4v) is 1.98. The van der Waals surface area contributed by atoms with Crippen molar-refractivity contribution in [3.05, 3.63) is 39.9 Å². The van der Waals surface area contributed by atoms with Crippen molar-refractivity contribution in [2.45, 2.75) is 6.92 Å². The lowest BCUT2D eigenvalue weighted by molar-refractivity contribution is 0.0512. The monoisotopic (exact) mass is 283 g/mol. The summed E-state index contributed by atoms with van der Waals surface area (Å²) in [6.45, 7) is 1.88. The van der Waals surface area contributed by atoms with Gasteiger partial charge in [-0.3, -0.25) is 9.78 Å². The molecule has 0 aliphatic carbocycles. The van der Waals surface area contributed by atoms with E-state index in [-0.39, 0.29) is 18.2 Å². The molecule has 3 rings (SSSR count). The maximum absolute atomic E-state index is 12.0. The number of esters is 1. The molecule has 1 N–H and O–H groups in total. The number of hydrogen-bond acceptors (Lipinski definition) is 6. The Balaban J connectivity index is 2.31. The van der Waals surface area contributed by atoms with Crippen LogP contribution in [0, 0.1) is 11.3 Å². The fraction of sp³-hybridized carbons (Fsp3) is 0.154. The molecular formula is C13H9N5O3. The zero-order valence-corrected chi connectivity index (χ0v) is 11.0. The number of ether oxygens (including phenoxy) is 1. The van der Waals surface area contributed by atoms with Gasteiger partial charge < -0.3 is 4.74 Å². The van der Waals surface area contributed by atoms with E-state index >= 15 is 0 Å². The molecule has 0 fully saturated rings. The van der Waals surface area contributed by atoms with Gasteiger partial charge in [0.1, 0.15) is 0 Å². The molecule has 0 aliphatic heterocycles. The predicted octanol–water partition coefficient (Wildman–Crippen LogP) is 0.619. The molecule has 8 nitrogen and oxygen atoms in total. The van der Waals surface area contributed by atoms with Crippen LogP contribution in [-0.4, -0.2) is 32.2 Å². The van der Waals surface area contributed by atoms with E-state index in [1.165, 1.54) is 10.6 Å². The summed E-state index contributed by atoms with van der Waals surface area (Å²) in [5.41, 5.74) is 0.409. The highest BCUT2D eigenvalue weighted by Crippen LogP contribution is 2.13. The second-order valence-corrected chi connectivity index (χ2v) is 4.19. The molecule has 0 amide bonds. The molecule has 0 aliphatic rings. The number of nitriles is 1. The van der Waals surface area contributed by atoms with Crippen LogP contribution in [0.15, 0.2) is 23.0 Å². The van der Waals surface area contributed by atoms with Crippen LogP contribution >= 0.6 is 0 Å². The molecule has 0 bridgehead atoms. The Hall–Kier alpha value is -3.21. The third-order valence-electron chi connectivity index (χ3n) is 2.89. The van der Waals surface area contributed by atoms with Crippen LogP contribution in [0.25, 0.3) is 16.7 Å². The van der Waals surface area contributed by atoms with E-state index in [1.807, 2.05) is 6.07 Å². The molecule has 0 radical (unpaired) electrons. The standard InChI is InChI=1S/C13H9N5O3/c1-2-21-12(20)10-15-13-16-11(19)8-5-7(6-14)3-4-9(8)18(13)17-10/h3-5H,2H2,1H3,(H,15,16,17,19). The highest BCUT2D eigenvalue weighted by atomic mass is 16.5. The molecule has 3 aromatic rings. The largest absolute Gasteiger partial charge is 0.460 e. The lowest BCUT2D eigenvalue weighted by atomic mass is 10.2. The molecule has 2 heterocycles.